The Morgan fingerprint density at radius 3 is 2.76 bits per heavy atom. The average molecular weight is 296 g/mol. The van der Waals surface area contributed by atoms with Crippen molar-refractivity contribution in [2.75, 3.05) is 24.7 Å². The third-order valence-electron chi connectivity index (χ3n) is 3.64. The highest BCUT2D eigenvalue weighted by Crippen LogP contribution is 2.29. The fraction of sp³-hybridized carbons (Fsp3) is 0.429. The Labute approximate surface area is 121 Å². The molecule has 114 valence electrons. The molecule has 1 aromatic carbocycles. The van der Waals surface area contributed by atoms with E-state index in [2.05, 4.69) is 0 Å². The number of amides is 1. The maximum atomic E-state index is 13.3. The number of primary amides is 1. The van der Waals surface area contributed by atoms with Crippen LogP contribution in [0.4, 0.5) is 10.1 Å². The summed E-state index contributed by atoms with van der Waals surface area (Å²) in [6.45, 7) is 2.62. The van der Waals surface area contributed by atoms with E-state index in [1.54, 1.807) is 4.90 Å². The molecule has 0 saturated carbocycles. The predicted octanol–water partition coefficient (Wildman–Crippen LogP) is 0.851. The Kier molecular flexibility index (Phi) is 4.42. The number of aliphatic carboxylic acids is 1. The molecular formula is C14H17FN2O4. The van der Waals surface area contributed by atoms with Crippen LogP contribution in [-0.4, -0.2) is 42.8 Å². The molecule has 2 atom stereocenters. The number of carboxylic acids is 1. The molecule has 1 saturated heterocycles. The number of halogens is 1. The molecule has 2 unspecified atom stereocenters. The van der Waals surface area contributed by atoms with Crippen LogP contribution in [0.3, 0.4) is 0 Å². The highest BCUT2D eigenvalue weighted by Gasteiger charge is 2.38. The molecule has 0 spiro atoms. The summed E-state index contributed by atoms with van der Waals surface area (Å²) >= 11 is 0. The Balaban J connectivity index is 2.42. The molecule has 1 amide bonds. The third-order valence-corrected chi connectivity index (χ3v) is 3.64. The first kappa shape index (κ1) is 15.2. The zero-order chi connectivity index (χ0) is 15.6. The molecule has 0 aromatic heterocycles. The minimum Gasteiger partial charge on any atom is -0.481 e. The van der Waals surface area contributed by atoms with Crippen molar-refractivity contribution in [1.29, 1.82) is 0 Å². The molecule has 0 radical (unpaired) electrons. The van der Waals surface area contributed by atoms with Crippen LogP contribution in [0.5, 0.6) is 0 Å². The number of likely N-dealkylation sites (N-methyl/N-ethyl adjacent to an activating group) is 1. The van der Waals surface area contributed by atoms with Gasteiger partial charge in [-0.1, -0.05) is 0 Å². The molecule has 1 aliphatic heterocycles. The first-order valence-corrected chi connectivity index (χ1v) is 6.62. The van der Waals surface area contributed by atoms with Crippen molar-refractivity contribution in [2.24, 2.45) is 11.7 Å². The van der Waals surface area contributed by atoms with Crippen molar-refractivity contribution in [2.45, 2.75) is 13.0 Å². The van der Waals surface area contributed by atoms with Crippen LogP contribution in [0.15, 0.2) is 18.2 Å². The van der Waals surface area contributed by atoms with Crippen molar-refractivity contribution in [3.8, 4) is 0 Å². The van der Waals surface area contributed by atoms with Gasteiger partial charge in [-0.3, -0.25) is 9.59 Å². The Morgan fingerprint density at radius 2 is 2.19 bits per heavy atom. The first-order chi connectivity index (χ1) is 9.95. The molecule has 6 nitrogen and oxygen atoms in total. The fourth-order valence-corrected chi connectivity index (χ4v) is 2.63. The van der Waals surface area contributed by atoms with Gasteiger partial charge in [0.05, 0.1) is 30.5 Å². The van der Waals surface area contributed by atoms with E-state index < -0.39 is 29.7 Å². The number of carbonyl (C=O) groups excluding carboxylic acids is 1. The molecule has 1 heterocycles. The highest BCUT2D eigenvalue weighted by molar-refractivity contribution is 5.98. The summed E-state index contributed by atoms with van der Waals surface area (Å²) in [6.07, 6.45) is 0. The van der Waals surface area contributed by atoms with E-state index in [4.69, 9.17) is 10.5 Å². The van der Waals surface area contributed by atoms with Crippen molar-refractivity contribution in [3.05, 3.63) is 29.6 Å². The van der Waals surface area contributed by atoms with Gasteiger partial charge in [0.1, 0.15) is 11.7 Å². The first-order valence-electron chi connectivity index (χ1n) is 6.62. The molecule has 21 heavy (non-hydrogen) atoms. The number of ether oxygens (including phenoxy) is 1. The van der Waals surface area contributed by atoms with E-state index in [0.717, 1.165) is 6.07 Å². The second kappa shape index (κ2) is 6.09. The van der Waals surface area contributed by atoms with Gasteiger partial charge in [-0.05, 0) is 25.1 Å². The minimum atomic E-state index is -0.960. The second-order valence-electron chi connectivity index (χ2n) is 4.86. The zero-order valence-corrected chi connectivity index (χ0v) is 11.6. The number of rotatable bonds is 5. The van der Waals surface area contributed by atoms with E-state index in [1.165, 1.54) is 12.1 Å². The second-order valence-corrected chi connectivity index (χ2v) is 4.86. The Bertz CT molecular complexity index is 564. The lowest BCUT2D eigenvalue weighted by Crippen LogP contribution is -2.44. The number of benzene rings is 1. The molecule has 1 fully saturated rings. The lowest BCUT2D eigenvalue weighted by atomic mass is 10.00. The van der Waals surface area contributed by atoms with Gasteiger partial charge in [-0.25, -0.2) is 4.39 Å². The molecule has 2 rings (SSSR count). The fourth-order valence-electron chi connectivity index (χ4n) is 2.63. The number of carboxylic acid groups (broad SMARTS) is 1. The van der Waals surface area contributed by atoms with Gasteiger partial charge < -0.3 is 20.5 Å². The summed E-state index contributed by atoms with van der Waals surface area (Å²) in [7, 11) is 0. The van der Waals surface area contributed by atoms with E-state index >= 15 is 0 Å². The largest absolute Gasteiger partial charge is 0.481 e. The molecule has 1 aliphatic rings. The zero-order valence-electron chi connectivity index (χ0n) is 11.6. The normalized spacial score (nSPS) is 21.2. The number of nitrogens with two attached hydrogens (primary N) is 1. The van der Waals surface area contributed by atoms with Crippen LogP contribution >= 0.6 is 0 Å². The van der Waals surface area contributed by atoms with E-state index in [0.29, 0.717) is 12.2 Å². The summed E-state index contributed by atoms with van der Waals surface area (Å²) in [5.41, 5.74) is 5.75. The van der Waals surface area contributed by atoms with Crippen molar-refractivity contribution < 1.29 is 23.8 Å². The van der Waals surface area contributed by atoms with Crippen molar-refractivity contribution >= 4 is 17.6 Å². The highest BCUT2D eigenvalue weighted by atomic mass is 19.1. The SMILES string of the molecule is CCN(c1ccc(F)cc1C(N)=O)C1COCC1C(=O)O. The quantitative estimate of drug-likeness (QED) is 0.840. The van der Waals surface area contributed by atoms with Crippen LogP contribution in [0.25, 0.3) is 0 Å². The van der Waals surface area contributed by atoms with Gasteiger partial charge in [0.25, 0.3) is 5.91 Å². The van der Waals surface area contributed by atoms with E-state index in [-0.39, 0.29) is 18.8 Å². The summed E-state index contributed by atoms with van der Waals surface area (Å²) in [5.74, 6) is -2.98. The number of nitrogens with zero attached hydrogens (tertiary/aromatic N) is 1. The van der Waals surface area contributed by atoms with Crippen LogP contribution in [0.2, 0.25) is 0 Å². The van der Waals surface area contributed by atoms with E-state index in [9.17, 15) is 19.1 Å². The standard InChI is InChI=1S/C14H17FN2O4/c1-2-17(12-7-21-6-10(12)14(19)20)11-4-3-8(15)5-9(11)13(16)18/h3-5,10,12H,2,6-7H2,1H3,(H2,16,18)(H,19,20). The summed E-state index contributed by atoms with van der Waals surface area (Å²) in [6, 6.07) is 3.30. The van der Waals surface area contributed by atoms with Crippen molar-refractivity contribution in [3.63, 3.8) is 0 Å². The molecule has 3 N–H and O–H groups in total. The molecular weight excluding hydrogens is 279 g/mol. The lowest BCUT2D eigenvalue weighted by molar-refractivity contribution is -0.141. The van der Waals surface area contributed by atoms with E-state index in [1.807, 2.05) is 6.92 Å². The number of anilines is 1. The monoisotopic (exact) mass is 296 g/mol. The Hall–Kier alpha value is -2.15. The van der Waals surface area contributed by atoms with Gasteiger partial charge in [-0.15, -0.1) is 0 Å². The van der Waals surface area contributed by atoms with Crippen LogP contribution < -0.4 is 10.6 Å². The number of hydrogen-bond acceptors (Lipinski definition) is 4. The van der Waals surface area contributed by atoms with Gasteiger partial charge in [0, 0.05) is 6.54 Å². The molecule has 0 aliphatic carbocycles. The van der Waals surface area contributed by atoms with Crippen molar-refractivity contribution in [1.82, 2.24) is 0 Å². The number of hydrogen-bond donors (Lipinski definition) is 2. The van der Waals surface area contributed by atoms with Gasteiger partial charge in [0.2, 0.25) is 0 Å². The van der Waals surface area contributed by atoms with Gasteiger partial charge >= 0.3 is 5.97 Å². The Morgan fingerprint density at radius 1 is 1.48 bits per heavy atom. The minimum absolute atomic E-state index is 0.0351. The van der Waals surface area contributed by atoms with Gasteiger partial charge in [-0.2, -0.15) is 0 Å². The van der Waals surface area contributed by atoms with Crippen LogP contribution in [-0.2, 0) is 9.53 Å². The molecule has 1 aromatic rings. The summed E-state index contributed by atoms with van der Waals surface area (Å²) in [4.78, 5) is 24.5. The van der Waals surface area contributed by atoms with Crippen LogP contribution in [0.1, 0.15) is 17.3 Å². The summed E-state index contributed by atoms with van der Waals surface area (Å²) in [5, 5.41) is 9.24. The average Bonchev–Trinajstić information content (AvgIpc) is 2.90. The maximum absolute atomic E-state index is 13.3. The third kappa shape index (κ3) is 2.97. The molecule has 0 bridgehead atoms. The topological polar surface area (TPSA) is 92.9 Å². The predicted molar refractivity (Wildman–Crippen MR) is 73.7 cm³/mol. The smallest absolute Gasteiger partial charge is 0.311 e. The molecule has 7 heteroatoms. The van der Waals surface area contributed by atoms with Crippen LogP contribution in [0, 0.1) is 11.7 Å². The maximum Gasteiger partial charge on any atom is 0.311 e. The lowest BCUT2D eigenvalue weighted by Gasteiger charge is -2.32. The van der Waals surface area contributed by atoms with Gasteiger partial charge in [0.15, 0.2) is 0 Å². The summed E-state index contributed by atoms with van der Waals surface area (Å²) < 4.78 is 18.6. The number of carbonyl (C=O) groups is 2.